The third-order valence-corrected chi connectivity index (χ3v) is 5.35. The molecule has 0 aromatic carbocycles. The molecule has 5 nitrogen and oxygen atoms in total. The molecule has 0 aliphatic heterocycles. The Morgan fingerprint density at radius 2 is 1.07 bits per heavy atom. The maximum absolute atomic E-state index is 11.5. The van der Waals surface area contributed by atoms with Crippen LogP contribution in [-0.4, -0.2) is 43.3 Å². The van der Waals surface area contributed by atoms with Crippen LogP contribution in [0.1, 0.15) is 122 Å². The Morgan fingerprint density at radius 3 is 1.50 bits per heavy atom. The Hall–Kier alpha value is -0.940. The lowest BCUT2D eigenvalue weighted by atomic mass is 10.0. The molecule has 0 aliphatic carbocycles. The molecule has 0 spiro atoms. The van der Waals surface area contributed by atoms with E-state index < -0.39 is 5.97 Å². The first-order valence-electron chi connectivity index (χ1n) is 12.6. The van der Waals surface area contributed by atoms with Gasteiger partial charge < -0.3 is 14.6 Å². The minimum Gasteiger partial charge on any atom is -0.463 e. The molecular formula is C25H48O5. The van der Waals surface area contributed by atoms with Crippen LogP contribution < -0.4 is 0 Å². The average Bonchev–Trinajstić information content (AvgIpc) is 2.73. The molecule has 0 fully saturated rings. The van der Waals surface area contributed by atoms with Crippen LogP contribution in [0.2, 0.25) is 0 Å². The van der Waals surface area contributed by atoms with E-state index in [-0.39, 0.29) is 32.0 Å². The number of carbonyl (C=O) groups is 2. The maximum atomic E-state index is 11.5. The highest BCUT2D eigenvalue weighted by Gasteiger charge is 2.10. The van der Waals surface area contributed by atoms with Crippen molar-refractivity contribution < 1.29 is 24.2 Å². The van der Waals surface area contributed by atoms with Gasteiger partial charge in [0.1, 0.15) is 19.6 Å². The predicted octanol–water partition coefficient (Wildman–Crippen LogP) is 6.15. The van der Waals surface area contributed by atoms with Crippen molar-refractivity contribution in [2.24, 2.45) is 0 Å². The topological polar surface area (TPSA) is 72.8 Å². The van der Waals surface area contributed by atoms with Crippen molar-refractivity contribution in [3.05, 3.63) is 0 Å². The summed E-state index contributed by atoms with van der Waals surface area (Å²) in [6, 6.07) is 0. The quantitative estimate of drug-likeness (QED) is 0.113. The predicted molar refractivity (Wildman–Crippen MR) is 123 cm³/mol. The van der Waals surface area contributed by atoms with E-state index in [4.69, 9.17) is 9.84 Å². The van der Waals surface area contributed by atoms with E-state index >= 15 is 0 Å². The summed E-state index contributed by atoms with van der Waals surface area (Å²) < 4.78 is 9.96. The fraction of sp³-hybridized carbons (Fsp3) is 0.920. The summed E-state index contributed by atoms with van der Waals surface area (Å²) in [6.45, 7) is 2.51. The van der Waals surface area contributed by atoms with Crippen LogP contribution in [-0.2, 0) is 19.1 Å². The first-order valence-corrected chi connectivity index (χ1v) is 12.6. The number of rotatable bonds is 24. The molecule has 0 rings (SSSR count). The summed E-state index contributed by atoms with van der Waals surface area (Å²) in [5.41, 5.74) is 0. The summed E-state index contributed by atoms with van der Waals surface area (Å²) >= 11 is 0. The Kier molecular flexibility index (Phi) is 23.6. The van der Waals surface area contributed by atoms with Gasteiger partial charge in [-0.05, 0) is 6.42 Å². The Bertz CT molecular complexity index is 384. The highest BCUT2D eigenvalue weighted by molar-refractivity contribution is 5.96. The molecule has 0 bridgehead atoms. The number of ketones is 1. The summed E-state index contributed by atoms with van der Waals surface area (Å²) in [5.74, 6) is -0.875. The van der Waals surface area contributed by atoms with Gasteiger partial charge in [0.05, 0.1) is 6.61 Å². The van der Waals surface area contributed by atoms with Crippen molar-refractivity contribution in [3.8, 4) is 0 Å². The van der Waals surface area contributed by atoms with E-state index in [1.807, 2.05) is 0 Å². The van der Waals surface area contributed by atoms with Gasteiger partial charge in [0.25, 0.3) is 0 Å². The zero-order valence-electron chi connectivity index (χ0n) is 19.6. The summed E-state index contributed by atoms with van der Waals surface area (Å²) in [5, 5.41) is 8.54. The SMILES string of the molecule is CCCCCCCCCCCCCCCCCCCOCC(=O)CC(=O)OCCO. The second-order valence-electron chi connectivity index (χ2n) is 8.37. The minimum absolute atomic E-state index is 0.0346. The molecular weight excluding hydrogens is 380 g/mol. The number of esters is 1. The molecule has 0 saturated heterocycles. The monoisotopic (exact) mass is 428 g/mol. The van der Waals surface area contributed by atoms with E-state index in [1.54, 1.807) is 0 Å². The van der Waals surface area contributed by atoms with Gasteiger partial charge in [0.2, 0.25) is 0 Å². The van der Waals surface area contributed by atoms with Gasteiger partial charge in [-0.25, -0.2) is 0 Å². The van der Waals surface area contributed by atoms with E-state index in [9.17, 15) is 9.59 Å². The van der Waals surface area contributed by atoms with Crippen LogP contribution in [0.3, 0.4) is 0 Å². The van der Waals surface area contributed by atoms with Gasteiger partial charge in [-0.3, -0.25) is 9.59 Å². The number of hydrogen-bond donors (Lipinski definition) is 1. The first-order chi connectivity index (χ1) is 14.7. The fourth-order valence-corrected chi connectivity index (χ4v) is 3.54. The fourth-order valence-electron chi connectivity index (χ4n) is 3.54. The number of hydrogen-bond acceptors (Lipinski definition) is 5. The van der Waals surface area contributed by atoms with Gasteiger partial charge >= 0.3 is 5.97 Å². The molecule has 0 aromatic rings. The molecule has 5 heteroatoms. The number of unbranched alkanes of at least 4 members (excludes halogenated alkanes) is 16. The van der Waals surface area contributed by atoms with Gasteiger partial charge in [-0.2, -0.15) is 0 Å². The molecule has 0 aliphatic rings. The van der Waals surface area contributed by atoms with Crippen molar-refractivity contribution in [2.75, 3.05) is 26.4 Å². The molecule has 0 radical (unpaired) electrons. The molecule has 0 amide bonds. The summed E-state index contributed by atoms with van der Waals surface area (Å²) in [6.07, 6.45) is 22.5. The van der Waals surface area contributed by atoms with Gasteiger partial charge in [-0.1, -0.05) is 110 Å². The second kappa shape index (κ2) is 24.3. The smallest absolute Gasteiger partial charge is 0.313 e. The maximum Gasteiger partial charge on any atom is 0.313 e. The second-order valence-corrected chi connectivity index (χ2v) is 8.37. The van der Waals surface area contributed by atoms with Crippen molar-refractivity contribution in [1.82, 2.24) is 0 Å². The van der Waals surface area contributed by atoms with Crippen molar-refractivity contribution in [1.29, 1.82) is 0 Å². The highest BCUT2D eigenvalue weighted by atomic mass is 16.5. The number of Topliss-reactive ketones (excluding diaryl/α,β-unsaturated/α-hetero) is 1. The largest absolute Gasteiger partial charge is 0.463 e. The third-order valence-electron chi connectivity index (χ3n) is 5.35. The number of aliphatic hydroxyl groups excluding tert-OH is 1. The molecule has 0 atom stereocenters. The van der Waals surface area contributed by atoms with Gasteiger partial charge in [-0.15, -0.1) is 0 Å². The molecule has 0 aromatic heterocycles. The van der Waals surface area contributed by atoms with Gasteiger partial charge in [0, 0.05) is 6.61 Å². The van der Waals surface area contributed by atoms with Crippen LogP contribution in [0.25, 0.3) is 0 Å². The molecule has 1 N–H and O–H groups in total. The van der Waals surface area contributed by atoms with Crippen molar-refractivity contribution >= 4 is 11.8 Å². The Balaban J connectivity index is 3.16. The van der Waals surface area contributed by atoms with Crippen LogP contribution >= 0.6 is 0 Å². The minimum atomic E-state index is -0.601. The van der Waals surface area contributed by atoms with Crippen molar-refractivity contribution in [3.63, 3.8) is 0 Å². The van der Waals surface area contributed by atoms with Crippen LogP contribution in [0, 0.1) is 0 Å². The van der Waals surface area contributed by atoms with Crippen molar-refractivity contribution in [2.45, 2.75) is 122 Å². The molecule has 0 saturated carbocycles. The summed E-state index contributed by atoms with van der Waals surface area (Å²) in [4.78, 5) is 22.7. The van der Waals surface area contributed by atoms with E-state index in [0.29, 0.717) is 6.61 Å². The number of aliphatic hydroxyl groups is 1. The van der Waals surface area contributed by atoms with E-state index in [0.717, 1.165) is 12.8 Å². The number of ether oxygens (including phenoxy) is 2. The van der Waals surface area contributed by atoms with Gasteiger partial charge in [0.15, 0.2) is 5.78 Å². The standard InChI is InChI=1S/C25H48O5/c1-2-3-4-5-6-7-8-9-10-11-12-13-14-15-16-17-18-20-29-23-24(27)22-25(28)30-21-19-26/h26H,2-23H2,1H3. The van der Waals surface area contributed by atoms with Crippen LogP contribution in [0.15, 0.2) is 0 Å². The normalized spacial score (nSPS) is 11.0. The van der Waals surface area contributed by atoms with Crippen LogP contribution in [0.4, 0.5) is 0 Å². The Labute approximate surface area is 185 Å². The molecule has 0 unspecified atom stereocenters. The summed E-state index contributed by atoms with van der Waals surface area (Å²) in [7, 11) is 0. The Morgan fingerprint density at radius 1 is 0.633 bits per heavy atom. The van der Waals surface area contributed by atoms with E-state index in [2.05, 4.69) is 11.7 Å². The first kappa shape index (κ1) is 29.1. The lowest BCUT2D eigenvalue weighted by Crippen LogP contribution is -2.17. The number of carbonyl (C=O) groups excluding carboxylic acids is 2. The molecule has 178 valence electrons. The molecule has 0 heterocycles. The molecule has 30 heavy (non-hydrogen) atoms. The lowest BCUT2D eigenvalue weighted by Gasteiger charge is -2.05. The third kappa shape index (κ3) is 23.3. The lowest BCUT2D eigenvalue weighted by molar-refractivity contribution is -0.147. The average molecular weight is 429 g/mol. The van der Waals surface area contributed by atoms with Crippen LogP contribution in [0.5, 0.6) is 0 Å². The zero-order valence-corrected chi connectivity index (χ0v) is 19.6. The zero-order chi connectivity index (χ0) is 22.1. The highest BCUT2D eigenvalue weighted by Crippen LogP contribution is 2.14. The van der Waals surface area contributed by atoms with E-state index in [1.165, 1.54) is 96.3 Å².